The molecule has 4 aliphatic heterocycles. The number of fused-ring (bicyclic) bond motifs is 1. The van der Waals surface area contributed by atoms with Gasteiger partial charge in [0.2, 0.25) is 0 Å². The highest BCUT2D eigenvalue weighted by molar-refractivity contribution is 5.49. The molecule has 4 nitrogen and oxygen atoms in total. The summed E-state index contributed by atoms with van der Waals surface area (Å²) in [5, 5.41) is 0. The van der Waals surface area contributed by atoms with Crippen molar-refractivity contribution in [3.8, 4) is 0 Å². The molecule has 0 aromatic rings. The van der Waals surface area contributed by atoms with Crippen molar-refractivity contribution in [3.05, 3.63) is 11.6 Å². The average Bonchev–Trinajstić information content (AvgIpc) is 3.23. The third kappa shape index (κ3) is 2.43. The Morgan fingerprint density at radius 3 is 2.57 bits per heavy atom. The largest absolute Gasteiger partial charge is 0.370 e. The number of hydrogen-bond donors (Lipinski definition) is 0. The zero-order valence-corrected chi connectivity index (χ0v) is 29.7. The minimum Gasteiger partial charge on any atom is -0.370 e. The maximum atomic E-state index is 8.32. The minimum absolute atomic E-state index is 0.186. The second-order valence-electron chi connectivity index (χ2n) is 22.4. The van der Waals surface area contributed by atoms with Crippen LogP contribution < -0.4 is 0 Å². The summed E-state index contributed by atoms with van der Waals surface area (Å²) in [6, 6.07) is 0.879. The first-order valence-electron chi connectivity index (χ1n) is 21.2. The Balaban J connectivity index is 0.874. The molecular weight excluding hydrogens is 576 g/mol. The van der Waals surface area contributed by atoms with Gasteiger partial charge in [0.15, 0.2) is 0 Å². The van der Waals surface area contributed by atoms with Crippen LogP contribution in [0.25, 0.3) is 0 Å². The van der Waals surface area contributed by atoms with Crippen LogP contribution in [0.15, 0.2) is 11.6 Å². The number of nitrogens with zero attached hydrogens (tertiary/aromatic N) is 2. The highest BCUT2D eigenvalue weighted by Gasteiger charge is 2.88. The molecule has 14 fully saturated rings. The highest BCUT2D eigenvalue weighted by atomic mass is 16.5. The predicted octanol–water partition coefficient (Wildman–Crippen LogP) is 7.67. The summed E-state index contributed by atoms with van der Waals surface area (Å²) in [5.74, 6) is 6.36. The van der Waals surface area contributed by atoms with Crippen LogP contribution in [0.5, 0.6) is 0 Å². The van der Waals surface area contributed by atoms with Gasteiger partial charge in [-0.15, -0.1) is 0 Å². The normalized spacial score (nSPS) is 70.5. The summed E-state index contributed by atoms with van der Waals surface area (Å²) in [7, 11) is 2.57. The number of rotatable bonds is 0. The average molecular weight is 637 g/mol. The molecule has 16 rings (SSSR count). The van der Waals surface area contributed by atoms with Gasteiger partial charge >= 0.3 is 0 Å². The molecule has 12 bridgehead atoms. The minimum atomic E-state index is 0.186. The lowest BCUT2D eigenvalue weighted by Gasteiger charge is -2.72. The van der Waals surface area contributed by atoms with Gasteiger partial charge in [0.25, 0.3) is 0 Å². The zero-order chi connectivity index (χ0) is 30.8. The quantitative estimate of drug-likeness (QED) is 0.255. The van der Waals surface area contributed by atoms with E-state index in [0.717, 1.165) is 60.6 Å². The summed E-state index contributed by atoms with van der Waals surface area (Å²) in [4.78, 5) is 5.81. The molecule has 0 unspecified atom stereocenters. The molecule has 0 amide bonds. The Hall–Kier alpha value is -0.420. The molecule has 12 aliphatic carbocycles. The Kier molecular flexibility index (Phi) is 4.38. The zero-order valence-electron chi connectivity index (χ0n) is 29.7. The Morgan fingerprint density at radius 2 is 1.66 bits per heavy atom. The number of likely N-dealkylation sites (tertiary alicyclic amines) is 1. The van der Waals surface area contributed by atoms with E-state index >= 15 is 0 Å². The van der Waals surface area contributed by atoms with Gasteiger partial charge in [-0.25, -0.2) is 0 Å². The first-order valence-corrected chi connectivity index (χ1v) is 21.2. The van der Waals surface area contributed by atoms with Gasteiger partial charge in [0, 0.05) is 41.9 Å². The SMILES string of the molecule is CN1C[C@]2(C)CCC[C@@]34[C@@H]2CC[C@]25C[C@@]6(CC[C@@]78[C@@H]9C=C%10[C@@](CC[C@@H]%11[C@@]%12(C)CCC[C@@]%10%11[C@@H]%10OCCN%10C%12)(C[C@@H]97)[C@@H]8O6)[C@H](C[C@@H]2[C@@H]13)C[C@H]54. The van der Waals surface area contributed by atoms with Crippen molar-refractivity contribution < 1.29 is 9.47 Å². The fourth-order valence-electron chi connectivity index (χ4n) is 21.5. The van der Waals surface area contributed by atoms with E-state index in [1.807, 2.05) is 5.57 Å². The molecule has 4 saturated heterocycles. The van der Waals surface area contributed by atoms with Crippen LogP contribution >= 0.6 is 0 Å². The molecule has 18 atom stereocenters. The molecule has 16 aliphatic rings. The summed E-state index contributed by atoms with van der Waals surface area (Å²) < 4.78 is 15.2. The van der Waals surface area contributed by atoms with E-state index in [9.17, 15) is 0 Å². The lowest BCUT2D eigenvalue weighted by atomic mass is 9.38. The van der Waals surface area contributed by atoms with Crippen LogP contribution in [-0.2, 0) is 9.47 Å². The van der Waals surface area contributed by atoms with Gasteiger partial charge < -0.3 is 14.4 Å². The summed E-state index contributed by atoms with van der Waals surface area (Å²) in [6.07, 6.45) is 27.5. The second kappa shape index (κ2) is 7.54. The van der Waals surface area contributed by atoms with Crippen LogP contribution in [0.3, 0.4) is 0 Å². The number of piperidine rings is 2. The monoisotopic (exact) mass is 636 g/mol. The van der Waals surface area contributed by atoms with E-state index in [1.54, 1.807) is 19.3 Å². The van der Waals surface area contributed by atoms with E-state index < -0.39 is 0 Å². The molecule has 47 heavy (non-hydrogen) atoms. The molecule has 254 valence electrons. The van der Waals surface area contributed by atoms with Crippen LogP contribution in [-0.4, -0.2) is 67.1 Å². The molecule has 10 saturated carbocycles. The van der Waals surface area contributed by atoms with Crippen molar-refractivity contribution >= 4 is 0 Å². The van der Waals surface area contributed by atoms with Crippen molar-refractivity contribution in [2.45, 2.75) is 141 Å². The molecule has 4 heteroatoms. The van der Waals surface area contributed by atoms with Crippen LogP contribution in [0.1, 0.15) is 117 Å². The lowest BCUT2D eigenvalue weighted by Crippen LogP contribution is -2.71. The first kappa shape index (κ1) is 27.3. The smallest absolute Gasteiger partial charge is 0.120 e. The highest BCUT2D eigenvalue weighted by Crippen LogP contribution is 2.90. The van der Waals surface area contributed by atoms with Crippen molar-refractivity contribution in [3.63, 3.8) is 0 Å². The molecule has 0 radical (unpaired) electrons. The van der Waals surface area contributed by atoms with E-state index in [0.29, 0.717) is 44.8 Å². The van der Waals surface area contributed by atoms with Crippen molar-refractivity contribution in [2.75, 3.05) is 33.3 Å². The molecule has 0 N–H and O–H groups in total. The van der Waals surface area contributed by atoms with Gasteiger partial charge in [-0.1, -0.05) is 38.3 Å². The van der Waals surface area contributed by atoms with E-state index in [2.05, 4.69) is 36.8 Å². The maximum absolute atomic E-state index is 8.32. The van der Waals surface area contributed by atoms with E-state index in [4.69, 9.17) is 9.47 Å². The van der Waals surface area contributed by atoms with E-state index in [1.165, 1.54) is 96.6 Å². The van der Waals surface area contributed by atoms with Gasteiger partial charge in [-0.3, -0.25) is 4.90 Å². The molecule has 4 heterocycles. The van der Waals surface area contributed by atoms with Gasteiger partial charge in [0.05, 0.1) is 18.3 Å². The molecular formula is C43H60N2O2. The fraction of sp³-hybridized carbons (Fsp3) is 0.953. The Bertz CT molecular complexity index is 1580. The van der Waals surface area contributed by atoms with Gasteiger partial charge in [-0.2, -0.15) is 0 Å². The van der Waals surface area contributed by atoms with Crippen LogP contribution in [0.4, 0.5) is 0 Å². The topological polar surface area (TPSA) is 24.9 Å². The van der Waals surface area contributed by atoms with Gasteiger partial charge in [0.1, 0.15) is 6.23 Å². The first-order chi connectivity index (χ1) is 22.7. The van der Waals surface area contributed by atoms with Crippen LogP contribution in [0.2, 0.25) is 0 Å². The third-order valence-electron chi connectivity index (χ3n) is 21.9. The summed E-state index contributed by atoms with van der Waals surface area (Å²) in [6.45, 7) is 10.2. The lowest BCUT2D eigenvalue weighted by molar-refractivity contribution is -0.292. The second-order valence-corrected chi connectivity index (χ2v) is 22.4. The number of allylic oxidation sites excluding steroid dienone is 1. The Morgan fingerprint density at radius 1 is 0.809 bits per heavy atom. The fourth-order valence-corrected chi connectivity index (χ4v) is 21.5. The third-order valence-corrected chi connectivity index (χ3v) is 21.9. The molecule has 0 aromatic heterocycles. The molecule has 5 spiro atoms. The van der Waals surface area contributed by atoms with E-state index in [-0.39, 0.29) is 11.0 Å². The maximum Gasteiger partial charge on any atom is 0.120 e. The molecule has 0 aromatic carbocycles. The Labute approximate surface area is 283 Å². The van der Waals surface area contributed by atoms with Crippen molar-refractivity contribution in [1.29, 1.82) is 0 Å². The van der Waals surface area contributed by atoms with Crippen LogP contribution in [0, 0.1) is 79.3 Å². The number of ether oxygens (including phenoxy) is 2. The van der Waals surface area contributed by atoms with Crippen molar-refractivity contribution in [2.24, 2.45) is 79.3 Å². The standard InChI is InChI=1S/C43H60N2O2/c1-36-8-4-10-42-29(36)7-13-39-22-40(25(19-31(39)42)18-27(39)33(42)44(3)23-36)14-15-41-26-20-32-38(21-28(26)41,34(41)47-40)12-6-30-37(2)9-5-11-43(30,32)35-45(24-37)16-17-46-35/h20,25-31,33-35H,4-19,21-24H2,1-3H3/t25-,26-,27-,28+,29-,30-,31-,33-,34+,35+,36+,37+,38-,39+,40+,41-,42+,43+/m1/s1. The summed E-state index contributed by atoms with van der Waals surface area (Å²) >= 11 is 0. The summed E-state index contributed by atoms with van der Waals surface area (Å²) in [5.41, 5.74) is 5.48. The van der Waals surface area contributed by atoms with Crippen molar-refractivity contribution in [1.82, 2.24) is 9.80 Å². The predicted molar refractivity (Wildman–Crippen MR) is 180 cm³/mol. The number of hydrogen-bond acceptors (Lipinski definition) is 4. The van der Waals surface area contributed by atoms with Gasteiger partial charge in [-0.05, 0) is 160 Å².